The Balaban J connectivity index is 0.00000280. The molecule has 3 rings (SSSR count). The number of carbonyl (C=O) groups excluding carboxylic acids is 2. The van der Waals surface area contributed by atoms with Crippen LogP contribution < -0.4 is 21.3 Å². The maximum absolute atomic E-state index is 12.8. The topological polar surface area (TPSA) is 85.5 Å². The summed E-state index contributed by atoms with van der Waals surface area (Å²) < 4.78 is 0. The van der Waals surface area contributed by atoms with Crippen molar-refractivity contribution in [2.24, 2.45) is 0 Å². The molecular formula is C20H32ClN5O2. The lowest BCUT2D eigenvalue weighted by atomic mass is 9.96. The van der Waals surface area contributed by atoms with Gasteiger partial charge in [0.2, 0.25) is 5.91 Å². The molecule has 28 heavy (non-hydrogen) atoms. The third-order valence-electron chi connectivity index (χ3n) is 5.46. The Bertz CT molecular complexity index is 616. The van der Waals surface area contributed by atoms with Crippen molar-refractivity contribution in [1.29, 1.82) is 0 Å². The summed E-state index contributed by atoms with van der Waals surface area (Å²) in [5.74, 6) is -0.0509. The molecular weight excluding hydrogens is 378 g/mol. The number of nitrogens with zero attached hydrogens (tertiary/aromatic N) is 1. The Morgan fingerprint density at radius 3 is 2.39 bits per heavy atom. The number of halogens is 1. The van der Waals surface area contributed by atoms with E-state index in [2.05, 4.69) is 26.2 Å². The predicted octanol–water partition coefficient (Wildman–Crippen LogP) is 1.24. The Labute approximate surface area is 173 Å². The molecule has 1 saturated carbocycles. The molecule has 2 fully saturated rings. The van der Waals surface area contributed by atoms with Gasteiger partial charge < -0.3 is 21.3 Å². The fourth-order valence-corrected chi connectivity index (χ4v) is 3.86. The third-order valence-corrected chi connectivity index (χ3v) is 5.46. The minimum atomic E-state index is -0.774. The van der Waals surface area contributed by atoms with Gasteiger partial charge in [0.25, 0.3) is 0 Å². The van der Waals surface area contributed by atoms with Gasteiger partial charge in [-0.15, -0.1) is 12.4 Å². The van der Waals surface area contributed by atoms with E-state index in [1.807, 2.05) is 30.3 Å². The monoisotopic (exact) mass is 409 g/mol. The fraction of sp³-hybridized carbons (Fsp3) is 0.600. The van der Waals surface area contributed by atoms with Crippen LogP contribution in [0.25, 0.3) is 0 Å². The van der Waals surface area contributed by atoms with Crippen LogP contribution in [-0.2, 0) is 11.3 Å². The lowest BCUT2D eigenvalue weighted by Gasteiger charge is -2.31. The molecule has 0 atom stereocenters. The summed E-state index contributed by atoms with van der Waals surface area (Å²) in [5.41, 5.74) is 0.262. The van der Waals surface area contributed by atoms with Gasteiger partial charge in [-0.2, -0.15) is 0 Å². The molecule has 0 spiro atoms. The molecule has 4 N–H and O–H groups in total. The quantitative estimate of drug-likeness (QED) is 0.546. The number of carbonyl (C=O) groups is 2. The number of benzene rings is 1. The Hall–Kier alpha value is -1.83. The van der Waals surface area contributed by atoms with Crippen molar-refractivity contribution in [1.82, 2.24) is 26.2 Å². The molecule has 3 amide bonds. The highest BCUT2D eigenvalue weighted by molar-refractivity contribution is 5.91. The number of hydrogen-bond donors (Lipinski definition) is 4. The summed E-state index contributed by atoms with van der Waals surface area (Å²) >= 11 is 0. The van der Waals surface area contributed by atoms with Crippen LogP contribution in [0.3, 0.4) is 0 Å². The lowest BCUT2D eigenvalue weighted by molar-refractivity contribution is -0.127. The molecule has 1 aromatic rings. The molecule has 0 unspecified atom stereocenters. The minimum Gasteiger partial charge on any atom is -0.353 e. The summed E-state index contributed by atoms with van der Waals surface area (Å²) in [4.78, 5) is 27.6. The van der Waals surface area contributed by atoms with E-state index in [9.17, 15) is 9.59 Å². The molecule has 1 aliphatic carbocycles. The highest BCUT2D eigenvalue weighted by atomic mass is 35.5. The van der Waals surface area contributed by atoms with Crippen LogP contribution in [0.2, 0.25) is 0 Å². The Morgan fingerprint density at radius 2 is 1.71 bits per heavy atom. The van der Waals surface area contributed by atoms with Gasteiger partial charge in [0.1, 0.15) is 5.54 Å². The van der Waals surface area contributed by atoms with Crippen molar-refractivity contribution in [2.45, 2.75) is 37.8 Å². The van der Waals surface area contributed by atoms with Crippen molar-refractivity contribution in [3.8, 4) is 0 Å². The van der Waals surface area contributed by atoms with Crippen LogP contribution in [0, 0.1) is 0 Å². The fourth-order valence-electron chi connectivity index (χ4n) is 3.86. The van der Waals surface area contributed by atoms with Crippen LogP contribution in [0.1, 0.15) is 31.2 Å². The standard InChI is InChI=1S/C20H31N5O2.ClH/c26-18(22-12-15-25-13-10-21-11-14-25)20(8-4-5-9-20)24-19(27)23-16-17-6-2-1-3-7-17;/h1-3,6-7,21H,4-5,8-16H2,(H,22,26)(H2,23,24,27);1H. The van der Waals surface area contributed by atoms with E-state index in [1.165, 1.54) is 0 Å². The first-order chi connectivity index (χ1) is 13.2. The van der Waals surface area contributed by atoms with Crippen molar-refractivity contribution < 1.29 is 9.59 Å². The van der Waals surface area contributed by atoms with Crippen molar-refractivity contribution in [3.05, 3.63) is 35.9 Å². The lowest BCUT2D eigenvalue weighted by Crippen LogP contribution is -2.59. The molecule has 156 valence electrons. The van der Waals surface area contributed by atoms with Gasteiger partial charge in [0.15, 0.2) is 0 Å². The highest BCUT2D eigenvalue weighted by Crippen LogP contribution is 2.29. The number of urea groups is 1. The van der Waals surface area contributed by atoms with Gasteiger partial charge in [-0.1, -0.05) is 43.2 Å². The molecule has 0 radical (unpaired) electrons. The minimum absolute atomic E-state index is 0. The Kier molecular flexibility index (Phi) is 9.02. The van der Waals surface area contributed by atoms with E-state index in [1.54, 1.807) is 0 Å². The maximum atomic E-state index is 12.8. The number of amides is 3. The van der Waals surface area contributed by atoms with Crippen LogP contribution in [0.4, 0.5) is 4.79 Å². The number of rotatable bonds is 7. The zero-order valence-electron chi connectivity index (χ0n) is 16.3. The molecule has 8 heteroatoms. The van der Waals surface area contributed by atoms with Gasteiger partial charge in [-0.05, 0) is 18.4 Å². The SMILES string of the molecule is Cl.O=C(NCc1ccccc1)NC1(C(=O)NCCN2CCNCC2)CCCC1. The van der Waals surface area contributed by atoms with E-state index in [0.29, 0.717) is 25.9 Å². The zero-order valence-corrected chi connectivity index (χ0v) is 17.2. The molecule has 0 bridgehead atoms. The van der Waals surface area contributed by atoms with Crippen LogP contribution in [0.15, 0.2) is 30.3 Å². The van der Waals surface area contributed by atoms with Gasteiger partial charge in [0.05, 0.1) is 0 Å². The average Bonchev–Trinajstić information content (AvgIpc) is 3.18. The van der Waals surface area contributed by atoms with E-state index >= 15 is 0 Å². The first-order valence-corrected chi connectivity index (χ1v) is 9.99. The molecule has 7 nitrogen and oxygen atoms in total. The molecule has 1 aromatic carbocycles. The second-order valence-corrected chi connectivity index (χ2v) is 7.43. The van der Waals surface area contributed by atoms with Gasteiger partial charge >= 0.3 is 6.03 Å². The molecule has 0 aromatic heterocycles. The van der Waals surface area contributed by atoms with Crippen molar-refractivity contribution in [3.63, 3.8) is 0 Å². The average molecular weight is 410 g/mol. The summed E-state index contributed by atoms with van der Waals surface area (Å²) in [6.45, 7) is 5.95. The zero-order chi connectivity index (χ0) is 19.0. The summed E-state index contributed by atoms with van der Waals surface area (Å²) in [5, 5.41) is 12.2. The van der Waals surface area contributed by atoms with Gasteiger partial charge in [0, 0.05) is 45.8 Å². The van der Waals surface area contributed by atoms with Crippen molar-refractivity contribution >= 4 is 24.3 Å². The normalized spacial score (nSPS) is 18.7. The van der Waals surface area contributed by atoms with Crippen LogP contribution in [-0.4, -0.2) is 61.6 Å². The first kappa shape index (κ1) is 22.5. The van der Waals surface area contributed by atoms with E-state index < -0.39 is 5.54 Å². The molecule has 2 aliphatic rings. The smallest absolute Gasteiger partial charge is 0.315 e. The number of hydrogen-bond acceptors (Lipinski definition) is 4. The summed E-state index contributed by atoms with van der Waals surface area (Å²) in [7, 11) is 0. The van der Waals surface area contributed by atoms with E-state index in [0.717, 1.165) is 51.1 Å². The number of nitrogens with one attached hydrogen (secondary N) is 4. The molecule has 1 aliphatic heterocycles. The molecule has 1 heterocycles. The van der Waals surface area contributed by atoms with E-state index in [4.69, 9.17) is 0 Å². The first-order valence-electron chi connectivity index (χ1n) is 9.99. The second-order valence-electron chi connectivity index (χ2n) is 7.43. The highest BCUT2D eigenvalue weighted by Gasteiger charge is 2.42. The third kappa shape index (κ3) is 6.36. The maximum Gasteiger partial charge on any atom is 0.315 e. The largest absolute Gasteiger partial charge is 0.353 e. The van der Waals surface area contributed by atoms with Crippen LogP contribution >= 0.6 is 12.4 Å². The van der Waals surface area contributed by atoms with Crippen molar-refractivity contribution in [2.75, 3.05) is 39.3 Å². The van der Waals surface area contributed by atoms with E-state index in [-0.39, 0.29) is 24.3 Å². The predicted molar refractivity (Wildman–Crippen MR) is 113 cm³/mol. The summed E-state index contributed by atoms with van der Waals surface area (Å²) in [6, 6.07) is 9.49. The second kappa shape index (κ2) is 11.2. The Morgan fingerprint density at radius 1 is 1.04 bits per heavy atom. The van der Waals surface area contributed by atoms with Gasteiger partial charge in [-0.25, -0.2) is 4.79 Å². The number of piperazine rings is 1. The summed E-state index contributed by atoms with van der Waals surface area (Å²) in [6.07, 6.45) is 3.32. The molecule has 1 saturated heterocycles. The van der Waals surface area contributed by atoms with Crippen LogP contribution in [0.5, 0.6) is 0 Å². The van der Waals surface area contributed by atoms with Gasteiger partial charge in [-0.3, -0.25) is 9.69 Å².